The van der Waals surface area contributed by atoms with E-state index in [0.29, 0.717) is 22.6 Å². The lowest BCUT2D eigenvalue weighted by Gasteiger charge is -2.09. The SMILES string of the molecule is CNc1nc(Oc2cncc(Cl)c2)c2ccccc2n1. The molecule has 20 heavy (non-hydrogen) atoms. The third-order valence-electron chi connectivity index (χ3n) is 2.69. The number of halogens is 1. The van der Waals surface area contributed by atoms with Gasteiger partial charge in [0.25, 0.3) is 0 Å². The molecule has 0 saturated carbocycles. The molecule has 0 amide bonds. The first-order valence-corrected chi connectivity index (χ1v) is 6.37. The summed E-state index contributed by atoms with van der Waals surface area (Å²) in [6.07, 6.45) is 3.13. The number of fused-ring (bicyclic) bond motifs is 1. The van der Waals surface area contributed by atoms with Crippen LogP contribution < -0.4 is 10.1 Å². The molecule has 0 saturated heterocycles. The summed E-state index contributed by atoms with van der Waals surface area (Å²) in [6.45, 7) is 0. The Balaban J connectivity index is 2.10. The third kappa shape index (κ3) is 2.48. The van der Waals surface area contributed by atoms with Crippen molar-refractivity contribution in [1.29, 1.82) is 0 Å². The Bertz CT molecular complexity index is 763. The maximum Gasteiger partial charge on any atom is 0.232 e. The third-order valence-corrected chi connectivity index (χ3v) is 2.89. The summed E-state index contributed by atoms with van der Waals surface area (Å²) < 4.78 is 5.78. The van der Waals surface area contributed by atoms with E-state index in [1.54, 1.807) is 25.5 Å². The quantitative estimate of drug-likeness (QED) is 0.798. The van der Waals surface area contributed by atoms with Crippen LogP contribution in [-0.2, 0) is 0 Å². The number of hydrogen-bond acceptors (Lipinski definition) is 5. The Morgan fingerprint density at radius 2 is 2.00 bits per heavy atom. The molecule has 0 atom stereocenters. The van der Waals surface area contributed by atoms with Crippen molar-refractivity contribution in [2.75, 3.05) is 12.4 Å². The number of aromatic nitrogens is 3. The average Bonchev–Trinajstić information content (AvgIpc) is 2.47. The zero-order valence-corrected chi connectivity index (χ0v) is 11.4. The summed E-state index contributed by atoms with van der Waals surface area (Å²) in [7, 11) is 1.76. The predicted molar refractivity (Wildman–Crippen MR) is 78.4 cm³/mol. The monoisotopic (exact) mass is 286 g/mol. The standard InChI is InChI=1S/C14H11ClN4O/c1-16-14-18-12-5-3-2-4-11(12)13(19-14)20-10-6-9(15)7-17-8-10/h2-8H,1H3,(H,16,18,19). The minimum absolute atomic E-state index is 0.462. The Hall–Kier alpha value is -2.40. The molecule has 0 aliphatic carbocycles. The number of pyridine rings is 1. The molecule has 0 aliphatic heterocycles. The summed E-state index contributed by atoms with van der Waals surface area (Å²) in [5, 5.41) is 4.25. The molecule has 0 unspecified atom stereocenters. The molecular formula is C14H11ClN4O. The second-order valence-corrected chi connectivity index (χ2v) is 4.50. The van der Waals surface area contributed by atoms with Gasteiger partial charge >= 0.3 is 0 Å². The van der Waals surface area contributed by atoms with Crippen LogP contribution in [0.2, 0.25) is 5.02 Å². The van der Waals surface area contributed by atoms with Gasteiger partial charge in [-0.3, -0.25) is 4.98 Å². The van der Waals surface area contributed by atoms with Crippen LogP contribution in [0.4, 0.5) is 5.95 Å². The number of nitrogens with zero attached hydrogens (tertiary/aromatic N) is 3. The summed E-state index contributed by atoms with van der Waals surface area (Å²) in [6, 6.07) is 9.32. The largest absolute Gasteiger partial charge is 0.437 e. The first-order valence-electron chi connectivity index (χ1n) is 5.99. The molecule has 3 rings (SSSR count). The maximum atomic E-state index is 5.90. The van der Waals surface area contributed by atoms with Gasteiger partial charge in [-0.25, -0.2) is 4.98 Å². The Labute approximate surface area is 120 Å². The highest BCUT2D eigenvalue weighted by Crippen LogP contribution is 2.28. The molecule has 0 fully saturated rings. The van der Waals surface area contributed by atoms with E-state index >= 15 is 0 Å². The van der Waals surface area contributed by atoms with E-state index in [9.17, 15) is 0 Å². The van der Waals surface area contributed by atoms with Crippen LogP contribution in [0.15, 0.2) is 42.7 Å². The molecule has 5 nitrogen and oxygen atoms in total. The van der Waals surface area contributed by atoms with Gasteiger partial charge in [0.05, 0.1) is 22.1 Å². The highest BCUT2D eigenvalue weighted by Gasteiger charge is 2.09. The number of ether oxygens (including phenoxy) is 1. The number of para-hydroxylation sites is 1. The molecule has 2 heterocycles. The topological polar surface area (TPSA) is 59.9 Å². The van der Waals surface area contributed by atoms with Crippen LogP contribution in [0.5, 0.6) is 11.6 Å². The van der Waals surface area contributed by atoms with Crippen LogP contribution >= 0.6 is 11.6 Å². The van der Waals surface area contributed by atoms with Crippen molar-refractivity contribution in [3.8, 4) is 11.6 Å². The minimum Gasteiger partial charge on any atom is -0.437 e. The van der Waals surface area contributed by atoms with Crippen LogP contribution in [-0.4, -0.2) is 22.0 Å². The van der Waals surface area contributed by atoms with Gasteiger partial charge in [-0.05, 0) is 12.1 Å². The molecule has 1 N–H and O–H groups in total. The van der Waals surface area contributed by atoms with Crippen LogP contribution in [0.1, 0.15) is 0 Å². The van der Waals surface area contributed by atoms with Gasteiger partial charge in [0.15, 0.2) is 0 Å². The van der Waals surface area contributed by atoms with Crippen LogP contribution in [0, 0.1) is 0 Å². The zero-order chi connectivity index (χ0) is 13.9. The summed E-state index contributed by atoms with van der Waals surface area (Å²) in [4.78, 5) is 12.7. The minimum atomic E-state index is 0.462. The van der Waals surface area contributed by atoms with Gasteiger partial charge in [-0.2, -0.15) is 4.98 Å². The molecule has 100 valence electrons. The number of rotatable bonds is 3. The van der Waals surface area contributed by atoms with Crippen molar-refractivity contribution in [2.24, 2.45) is 0 Å². The number of nitrogens with one attached hydrogen (secondary N) is 1. The van der Waals surface area contributed by atoms with Gasteiger partial charge < -0.3 is 10.1 Å². The van der Waals surface area contributed by atoms with Crippen molar-refractivity contribution in [3.05, 3.63) is 47.7 Å². The number of hydrogen-bond donors (Lipinski definition) is 1. The molecular weight excluding hydrogens is 276 g/mol. The lowest BCUT2D eigenvalue weighted by Crippen LogP contribution is -1.99. The van der Waals surface area contributed by atoms with E-state index in [-0.39, 0.29) is 0 Å². The Kier molecular flexibility index (Phi) is 3.35. The highest BCUT2D eigenvalue weighted by molar-refractivity contribution is 6.30. The van der Waals surface area contributed by atoms with Gasteiger partial charge in [0.1, 0.15) is 5.75 Å². The lowest BCUT2D eigenvalue weighted by atomic mass is 10.2. The first kappa shape index (κ1) is 12.6. The van der Waals surface area contributed by atoms with Crippen LogP contribution in [0.3, 0.4) is 0 Å². The van der Waals surface area contributed by atoms with Crippen LogP contribution in [0.25, 0.3) is 10.9 Å². The van der Waals surface area contributed by atoms with Gasteiger partial charge in [-0.1, -0.05) is 23.7 Å². The summed E-state index contributed by atoms with van der Waals surface area (Å²) in [5.41, 5.74) is 0.803. The van der Waals surface area contributed by atoms with Gasteiger partial charge in [0, 0.05) is 19.3 Å². The Morgan fingerprint density at radius 3 is 2.80 bits per heavy atom. The normalized spacial score (nSPS) is 10.5. The average molecular weight is 287 g/mol. The fourth-order valence-corrected chi connectivity index (χ4v) is 1.96. The number of anilines is 1. The van der Waals surface area contributed by atoms with Crippen molar-refractivity contribution in [1.82, 2.24) is 15.0 Å². The van der Waals surface area contributed by atoms with Crippen molar-refractivity contribution < 1.29 is 4.74 Å². The van der Waals surface area contributed by atoms with E-state index in [0.717, 1.165) is 10.9 Å². The lowest BCUT2D eigenvalue weighted by molar-refractivity contribution is 0.467. The molecule has 3 aromatic rings. The number of benzene rings is 1. The molecule has 0 radical (unpaired) electrons. The molecule has 1 aromatic carbocycles. The van der Waals surface area contributed by atoms with E-state index in [1.165, 1.54) is 0 Å². The summed E-state index contributed by atoms with van der Waals surface area (Å²) >= 11 is 5.90. The van der Waals surface area contributed by atoms with Gasteiger partial charge in [-0.15, -0.1) is 0 Å². The van der Waals surface area contributed by atoms with E-state index in [1.807, 2.05) is 24.3 Å². The van der Waals surface area contributed by atoms with Crippen molar-refractivity contribution in [2.45, 2.75) is 0 Å². The summed E-state index contributed by atoms with van der Waals surface area (Å²) in [5.74, 6) is 1.49. The fraction of sp³-hybridized carbons (Fsp3) is 0.0714. The Morgan fingerprint density at radius 1 is 1.15 bits per heavy atom. The zero-order valence-electron chi connectivity index (χ0n) is 10.7. The van der Waals surface area contributed by atoms with E-state index in [4.69, 9.17) is 16.3 Å². The molecule has 0 spiro atoms. The van der Waals surface area contributed by atoms with Gasteiger partial charge in [0.2, 0.25) is 11.8 Å². The maximum absolute atomic E-state index is 5.90. The second-order valence-electron chi connectivity index (χ2n) is 4.06. The molecule has 2 aromatic heterocycles. The molecule has 6 heteroatoms. The molecule has 0 bridgehead atoms. The van der Waals surface area contributed by atoms with Crippen molar-refractivity contribution in [3.63, 3.8) is 0 Å². The predicted octanol–water partition coefficient (Wildman–Crippen LogP) is 3.51. The first-order chi connectivity index (χ1) is 9.76. The highest BCUT2D eigenvalue weighted by atomic mass is 35.5. The van der Waals surface area contributed by atoms with E-state index < -0.39 is 0 Å². The second kappa shape index (κ2) is 5.30. The fourth-order valence-electron chi connectivity index (χ4n) is 1.80. The van der Waals surface area contributed by atoms with Crippen molar-refractivity contribution >= 4 is 28.5 Å². The molecule has 0 aliphatic rings. The van der Waals surface area contributed by atoms with E-state index in [2.05, 4.69) is 20.3 Å². The smallest absolute Gasteiger partial charge is 0.232 e.